The molecule has 3 aromatic rings. The van der Waals surface area contributed by atoms with Crippen LogP contribution in [0, 0.1) is 6.92 Å². The van der Waals surface area contributed by atoms with Crippen LogP contribution >= 0.6 is 11.8 Å². The van der Waals surface area contributed by atoms with Crippen LogP contribution in [0.15, 0.2) is 58.2 Å². The number of nitrogens with one attached hydrogen (secondary N) is 2. The van der Waals surface area contributed by atoms with Crippen molar-refractivity contribution in [3.8, 4) is 5.75 Å². The van der Waals surface area contributed by atoms with E-state index in [-0.39, 0.29) is 30.6 Å². The van der Waals surface area contributed by atoms with Crippen molar-refractivity contribution in [3.05, 3.63) is 54.1 Å². The van der Waals surface area contributed by atoms with Crippen LogP contribution in [-0.4, -0.2) is 29.2 Å². The van der Waals surface area contributed by atoms with Gasteiger partial charge < -0.3 is 9.15 Å². The number of amides is 2. The Hall–Kier alpha value is -3.00. The average molecular weight is 385 g/mol. The van der Waals surface area contributed by atoms with E-state index < -0.39 is 0 Å². The number of fused-ring (bicyclic) bond motifs is 1. The number of hydrazine groups is 1. The molecule has 0 aliphatic rings. The van der Waals surface area contributed by atoms with Gasteiger partial charge in [-0.15, -0.1) is 0 Å². The molecule has 3 rings (SSSR count). The summed E-state index contributed by atoms with van der Waals surface area (Å²) < 4.78 is 11.1. The maximum absolute atomic E-state index is 11.8. The van der Waals surface area contributed by atoms with Gasteiger partial charge in [-0.1, -0.05) is 42.1 Å². The molecule has 0 unspecified atom stereocenters. The third-order valence-electron chi connectivity index (χ3n) is 3.62. The number of oxazole rings is 1. The molecule has 27 heavy (non-hydrogen) atoms. The van der Waals surface area contributed by atoms with Crippen LogP contribution in [-0.2, 0) is 9.59 Å². The molecule has 7 nitrogen and oxygen atoms in total. The first-order valence-electron chi connectivity index (χ1n) is 8.36. The lowest BCUT2D eigenvalue weighted by atomic mass is 10.2. The molecule has 0 saturated heterocycles. The molecule has 2 aromatic carbocycles. The number of thioether (sulfide) groups is 1. The van der Waals surface area contributed by atoms with Crippen molar-refractivity contribution in [1.29, 1.82) is 0 Å². The van der Waals surface area contributed by atoms with Crippen molar-refractivity contribution in [3.63, 3.8) is 0 Å². The Morgan fingerprint density at radius 2 is 1.81 bits per heavy atom. The highest BCUT2D eigenvalue weighted by molar-refractivity contribution is 7.99. The molecule has 0 bridgehead atoms. The summed E-state index contributed by atoms with van der Waals surface area (Å²) >= 11 is 1.16. The fraction of sp³-hybridized carbons (Fsp3) is 0.211. The number of carbonyl (C=O) groups is 2. The molecule has 140 valence electrons. The number of carbonyl (C=O) groups excluding carboxylic acids is 2. The minimum atomic E-state index is -0.351. The van der Waals surface area contributed by atoms with Crippen LogP contribution in [0.3, 0.4) is 0 Å². The number of aryl methyl sites for hydroxylation is 1. The van der Waals surface area contributed by atoms with Gasteiger partial charge in [-0.05, 0) is 30.7 Å². The zero-order valence-electron chi connectivity index (χ0n) is 14.7. The van der Waals surface area contributed by atoms with Crippen LogP contribution in [0.4, 0.5) is 0 Å². The third kappa shape index (κ3) is 5.49. The zero-order chi connectivity index (χ0) is 19.1. The summed E-state index contributed by atoms with van der Waals surface area (Å²) in [7, 11) is 0. The lowest BCUT2D eigenvalue weighted by Gasteiger charge is -2.09. The quantitative estimate of drug-likeness (QED) is 0.480. The molecular weight excluding hydrogens is 366 g/mol. The molecule has 2 amide bonds. The van der Waals surface area contributed by atoms with Crippen molar-refractivity contribution < 1.29 is 18.7 Å². The second kappa shape index (κ2) is 9.09. The van der Waals surface area contributed by atoms with Gasteiger partial charge >= 0.3 is 0 Å². The van der Waals surface area contributed by atoms with Gasteiger partial charge in [0.15, 0.2) is 5.58 Å². The second-order valence-corrected chi connectivity index (χ2v) is 6.62. The Morgan fingerprint density at radius 3 is 2.63 bits per heavy atom. The molecule has 2 N–H and O–H groups in total. The van der Waals surface area contributed by atoms with E-state index >= 15 is 0 Å². The summed E-state index contributed by atoms with van der Waals surface area (Å²) in [4.78, 5) is 27.9. The fourth-order valence-electron chi connectivity index (χ4n) is 2.25. The molecule has 0 saturated carbocycles. The van der Waals surface area contributed by atoms with E-state index in [9.17, 15) is 9.59 Å². The topological polar surface area (TPSA) is 93.5 Å². The number of nitrogens with zero attached hydrogens (tertiary/aromatic N) is 1. The van der Waals surface area contributed by atoms with Crippen LogP contribution < -0.4 is 15.6 Å². The number of aromatic nitrogens is 1. The predicted molar refractivity (Wildman–Crippen MR) is 102 cm³/mol. The Kier molecular flexibility index (Phi) is 6.32. The van der Waals surface area contributed by atoms with Crippen LogP contribution in [0.5, 0.6) is 5.75 Å². The average Bonchev–Trinajstić information content (AvgIpc) is 3.09. The maximum Gasteiger partial charge on any atom is 0.257 e. The number of hydrogen-bond acceptors (Lipinski definition) is 6. The highest BCUT2D eigenvalue weighted by Gasteiger charge is 2.10. The highest BCUT2D eigenvalue weighted by atomic mass is 32.2. The Labute approximate surface area is 160 Å². The van der Waals surface area contributed by atoms with Gasteiger partial charge in [-0.2, -0.15) is 0 Å². The van der Waals surface area contributed by atoms with E-state index in [2.05, 4.69) is 15.8 Å². The normalized spacial score (nSPS) is 10.6. The Balaban J connectivity index is 1.34. The lowest BCUT2D eigenvalue weighted by molar-refractivity contribution is -0.127. The first-order chi connectivity index (χ1) is 13.1. The number of ether oxygens (including phenoxy) is 1. The molecule has 1 heterocycles. The number of para-hydroxylation sites is 3. The van der Waals surface area contributed by atoms with Crippen molar-refractivity contribution in [2.45, 2.75) is 18.6 Å². The summed E-state index contributed by atoms with van der Waals surface area (Å²) in [6, 6.07) is 14.9. The first-order valence-corrected chi connectivity index (χ1v) is 9.35. The largest absolute Gasteiger partial charge is 0.493 e. The molecule has 0 aliphatic heterocycles. The number of rotatable bonds is 7. The molecule has 8 heteroatoms. The number of hydrogen-bond donors (Lipinski definition) is 2. The summed E-state index contributed by atoms with van der Waals surface area (Å²) in [5.41, 5.74) is 7.13. The second-order valence-electron chi connectivity index (χ2n) is 5.70. The summed E-state index contributed by atoms with van der Waals surface area (Å²) in [5.74, 6) is 0.135. The summed E-state index contributed by atoms with van der Waals surface area (Å²) in [6.07, 6.45) is 0.132. The Bertz CT molecular complexity index is 908. The van der Waals surface area contributed by atoms with Crippen molar-refractivity contribution in [2.24, 2.45) is 0 Å². The first kappa shape index (κ1) is 18.8. The SMILES string of the molecule is Cc1ccccc1OCCC(=O)NNC(=O)CSc1nc2ccccc2o1. The molecule has 0 spiro atoms. The summed E-state index contributed by atoms with van der Waals surface area (Å²) in [6.45, 7) is 2.16. The van der Waals surface area contributed by atoms with E-state index in [1.807, 2.05) is 55.5 Å². The van der Waals surface area contributed by atoms with E-state index in [1.165, 1.54) is 0 Å². The van der Waals surface area contributed by atoms with Gasteiger partial charge in [0.1, 0.15) is 11.3 Å². The van der Waals surface area contributed by atoms with Crippen molar-refractivity contribution in [1.82, 2.24) is 15.8 Å². The molecule has 0 atom stereocenters. The van der Waals surface area contributed by atoms with E-state index in [1.54, 1.807) is 0 Å². The minimum Gasteiger partial charge on any atom is -0.493 e. The van der Waals surface area contributed by atoms with Crippen LogP contribution in [0.1, 0.15) is 12.0 Å². The molecule has 1 aromatic heterocycles. The predicted octanol–water partition coefficient (Wildman–Crippen LogP) is 2.84. The fourth-order valence-corrected chi connectivity index (χ4v) is 2.89. The van der Waals surface area contributed by atoms with E-state index in [0.717, 1.165) is 28.6 Å². The van der Waals surface area contributed by atoms with Gasteiger partial charge in [0.2, 0.25) is 11.8 Å². The molecular formula is C19H19N3O4S. The molecule has 0 aliphatic carbocycles. The van der Waals surface area contributed by atoms with Crippen molar-refractivity contribution in [2.75, 3.05) is 12.4 Å². The van der Waals surface area contributed by atoms with Gasteiger partial charge in [0, 0.05) is 0 Å². The van der Waals surface area contributed by atoms with Gasteiger partial charge in [0.25, 0.3) is 5.22 Å². The van der Waals surface area contributed by atoms with Crippen LogP contribution in [0.2, 0.25) is 0 Å². The van der Waals surface area contributed by atoms with Crippen molar-refractivity contribution >= 4 is 34.7 Å². The third-order valence-corrected chi connectivity index (χ3v) is 4.45. The van der Waals surface area contributed by atoms with E-state index in [0.29, 0.717) is 10.8 Å². The van der Waals surface area contributed by atoms with E-state index in [4.69, 9.17) is 9.15 Å². The molecule has 0 fully saturated rings. The monoisotopic (exact) mass is 385 g/mol. The van der Waals surface area contributed by atoms with Gasteiger partial charge in [-0.3, -0.25) is 20.4 Å². The lowest BCUT2D eigenvalue weighted by Crippen LogP contribution is -2.42. The standard InChI is InChI=1S/C19H19N3O4S/c1-13-6-2-4-8-15(13)25-11-10-17(23)21-22-18(24)12-27-19-20-14-7-3-5-9-16(14)26-19/h2-9H,10-12H2,1H3,(H,21,23)(H,22,24). The van der Waals surface area contributed by atoms with Gasteiger partial charge in [-0.25, -0.2) is 4.98 Å². The van der Waals surface area contributed by atoms with Gasteiger partial charge in [0.05, 0.1) is 18.8 Å². The summed E-state index contributed by atoms with van der Waals surface area (Å²) in [5, 5.41) is 0.407. The zero-order valence-corrected chi connectivity index (χ0v) is 15.5. The maximum atomic E-state index is 11.8. The Morgan fingerprint density at radius 1 is 1.07 bits per heavy atom. The molecule has 0 radical (unpaired) electrons. The smallest absolute Gasteiger partial charge is 0.257 e. The highest BCUT2D eigenvalue weighted by Crippen LogP contribution is 2.22. The van der Waals surface area contributed by atoms with Crippen LogP contribution in [0.25, 0.3) is 11.1 Å². The minimum absolute atomic E-state index is 0.0762. The number of benzene rings is 2.